The van der Waals surface area contributed by atoms with Crippen LogP contribution in [0.15, 0.2) is 36.4 Å². The summed E-state index contributed by atoms with van der Waals surface area (Å²) in [6.07, 6.45) is 0. The number of carbonyl (C=O) groups excluding carboxylic acids is 2. The zero-order valence-corrected chi connectivity index (χ0v) is 15.7. The zero-order valence-electron chi connectivity index (χ0n) is 15.7. The van der Waals surface area contributed by atoms with Gasteiger partial charge in [-0.2, -0.15) is 0 Å². The number of carbonyl (C=O) groups is 2. The maximum atomic E-state index is 12.8. The predicted octanol–water partition coefficient (Wildman–Crippen LogP) is 3.03. The van der Waals surface area contributed by atoms with Crippen molar-refractivity contribution in [3.05, 3.63) is 53.3 Å². The van der Waals surface area contributed by atoms with Crippen LogP contribution in [-0.2, 0) is 4.79 Å². The van der Waals surface area contributed by atoms with E-state index >= 15 is 0 Å². The van der Waals surface area contributed by atoms with Crippen molar-refractivity contribution in [2.45, 2.75) is 27.7 Å². The van der Waals surface area contributed by atoms with Crippen LogP contribution in [0.25, 0.3) is 5.69 Å². The van der Waals surface area contributed by atoms with Gasteiger partial charge in [-0.05, 0) is 45.9 Å². The molecule has 1 heterocycles. The van der Waals surface area contributed by atoms with Gasteiger partial charge < -0.3 is 14.4 Å². The average Bonchev–Trinajstić information content (AvgIpc) is 2.90. The van der Waals surface area contributed by atoms with E-state index in [0.717, 1.165) is 17.1 Å². The minimum Gasteiger partial charge on any atom is -0.342 e. The summed E-state index contributed by atoms with van der Waals surface area (Å²) in [7, 11) is 1.68. The Kier molecular flexibility index (Phi) is 6.02. The Bertz CT molecular complexity index is 746. The molecule has 2 amide bonds. The molecule has 5 nitrogen and oxygen atoms in total. The van der Waals surface area contributed by atoms with Crippen LogP contribution >= 0.6 is 0 Å². The molecule has 0 saturated heterocycles. The predicted molar refractivity (Wildman–Crippen MR) is 100 cm³/mol. The fourth-order valence-electron chi connectivity index (χ4n) is 3.11. The molecular weight excluding hydrogens is 314 g/mol. The highest BCUT2D eigenvalue weighted by atomic mass is 16.2. The molecule has 0 radical (unpaired) electrons. The van der Waals surface area contributed by atoms with E-state index in [-0.39, 0.29) is 18.4 Å². The minimum absolute atomic E-state index is 0.0299. The third kappa shape index (κ3) is 3.92. The number of likely N-dealkylation sites (N-methyl/N-ethyl adjacent to an activating group) is 2. The highest BCUT2D eigenvalue weighted by molar-refractivity contribution is 5.97. The molecule has 0 aliphatic rings. The average molecular weight is 341 g/mol. The maximum absolute atomic E-state index is 12.8. The number of aromatic nitrogens is 1. The number of nitrogens with zero attached hydrogens (tertiary/aromatic N) is 3. The maximum Gasteiger partial charge on any atom is 0.255 e. The van der Waals surface area contributed by atoms with Crippen molar-refractivity contribution in [2.75, 3.05) is 26.7 Å². The van der Waals surface area contributed by atoms with Gasteiger partial charge in [-0.25, -0.2) is 0 Å². The summed E-state index contributed by atoms with van der Waals surface area (Å²) in [5.41, 5.74) is 3.54. The number of hydrogen-bond donors (Lipinski definition) is 0. The monoisotopic (exact) mass is 341 g/mol. The SMILES string of the molecule is CCN(CC)C(=O)CN(C)C(=O)c1cc(C)n(-c2ccccc2)c1C. The molecule has 0 saturated carbocycles. The van der Waals surface area contributed by atoms with Gasteiger partial charge in [-0.3, -0.25) is 9.59 Å². The molecule has 0 bridgehead atoms. The molecule has 1 aromatic carbocycles. The second-order valence-electron chi connectivity index (χ2n) is 6.18. The minimum atomic E-state index is -0.129. The smallest absolute Gasteiger partial charge is 0.255 e. The molecule has 0 aliphatic heterocycles. The molecule has 0 atom stereocenters. The molecule has 25 heavy (non-hydrogen) atoms. The van der Waals surface area contributed by atoms with Crippen molar-refractivity contribution >= 4 is 11.8 Å². The highest BCUT2D eigenvalue weighted by Gasteiger charge is 2.22. The molecule has 2 rings (SSSR count). The van der Waals surface area contributed by atoms with Gasteiger partial charge in [0.1, 0.15) is 0 Å². The zero-order chi connectivity index (χ0) is 18.6. The molecule has 134 valence electrons. The van der Waals surface area contributed by atoms with Crippen molar-refractivity contribution in [3.63, 3.8) is 0 Å². The number of para-hydroxylation sites is 1. The fourth-order valence-corrected chi connectivity index (χ4v) is 3.11. The van der Waals surface area contributed by atoms with E-state index in [4.69, 9.17) is 0 Å². The number of amides is 2. The molecule has 0 fully saturated rings. The summed E-state index contributed by atoms with van der Waals surface area (Å²) in [4.78, 5) is 28.3. The first-order chi connectivity index (χ1) is 11.9. The van der Waals surface area contributed by atoms with Gasteiger partial charge in [-0.1, -0.05) is 18.2 Å². The van der Waals surface area contributed by atoms with Crippen molar-refractivity contribution in [3.8, 4) is 5.69 Å². The van der Waals surface area contributed by atoms with Crippen LogP contribution in [0.5, 0.6) is 0 Å². The van der Waals surface area contributed by atoms with Crippen molar-refractivity contribution in [1.29, 1.82) is 0 Å². The van der Waals surface area contributed by atoms with Crippen LogP contribution in [0.3, 0.4) is 0 Å². The first-order valence-electron chi connectivity index (χ1n) is 8.68. The largest absolute Gasteiger partial charge is 0.342 e. The number of benzene rings is 1. The Balaban J connectivity index is 2.24. The first kappa shape index (κ1) is 18.8. The topological polar surface area (TPSA) is 45.6 Å². The lowest BCUT2D eigenvalue weighted by Crippen LogP contribution is -2.41. The van der Waals surface area contributed by atoms with Crippen LogP contribution in [-0.4, -0.2) is 52.9 Å². The molecule has 1 aromatic heterocycles. The fraction of sp³-hybridized carbons (Fsp3) is 0.400. The Labute approximate surface area is 149 Å². The van der Waals surface area contributed by atoms with Gasteiger partial charge in [0.15, 0.2) is 0 Å². The number of hydrogen-bond acceptors (Lipinski definition) is 2. The third-order valence-corrected chi connectivity index (χ3v) is 4.51. The number of rotatable bonds is 6. The van der Waals surface area contributed by atoms with E-state index in [1.165, 1.54) is 4.90 Å². The van der Waals surface area contributed by atoms with Gasteiger partial charge >= 0.3 is 0 Å². The van der Waals surface area contributed by atoms with Crippen LogP contribution in [0, 0.1) is 13.8 Å². The lowest BCUT2D eigenvalue weighted by Gasteiger charge is -2.23. The second-order valence-corrected chi connectivity index (χ2v) is 6.18. The van der Waals surface area contributed by atoms with Crippen molar-refractivity contribution in [2.24, 2.45) is 0 Å². The van der Waals surface area contributed by atoms with E-state index in [2.05, 4.69) is 4.57 Å². The summed E-state index contributed by atoms with van der Waals surface area (Å²) in [5.74, 6) is -0.159. The second kappa shape index (κ2) is 8.01. The molecule has 0 spiro atoms. The lowest BCUT2D eigenvalue weighted by atomic mass is 10.2. The van der Waals surface area contributed by atoms with Gasteiger partial charge in [0.25, 0.3) is 5.91 Å². The Morgan fingerprint density at radius 3 is 2.20 bits per heavy atom. The van der Waals surface area contributed by atoms with E-state index in [0.29, 0.717) is 18.7 Å². The summed E-state index contributed by atoms with van der Waals surface area (Å²) < 4.78 is 2.06. The van der Waals surface area contributed by atoms with Crippen molar-refractivity contribution in [1.82, 2.24) is 14.4 Å². The van der Waals surface area contributed by atoms with Crippen LogP contribution < -0.4 is 0 Å². The van der Waals surface area contributed by atoms with Crippen LogP contribution in [0.2, 0.25) is 0 Å². The van der Waals surface area contributed by atoms with Crippen molar-refractivity contribution < 1.29 is 9.59 Å². The molecule has 0 aliphatic carbocycles. The van der Waals surface area contributed by atoms with Gasteiger partial charge in [-0.15, -0.1) is 0 Å². The summed E-state index contributed by atoms with van der Waals surface area (Å²) in [6.45, 7) is 9.20. The van der Waals surface area contributed by atoms with E-state index < -0.39 is 0 Å². The van der Waals surface area contributed by atoms with Crippen LogP contribution in [0.1, 0.15) is 35.6 Å². The standard InChI is InChI=1S/C20H27N3O2/c1-6-22(7-2)19(24)14-21(5)20(25)18-13-15(3)23(16(18)4)17-11-9-8-10-12-17/h8-13H,6-7,14H2,1-5H3. The third-order valence-electron chi connectivity index (χ3n) is 4.51. The van der Waals surface area contributed by atoms with E-state index in [1.54, 1.807) is 11.9 Å². The summed E-state index contributed by atoms with van der Waals surface area (Å²) >= 11 is 0. The first-order valence-corrected chi connectivity index (χ1v) is 8.68. The van der Waals surface area contributed by atoms with Gasteiger partial charge in [0, 0.05) is 37.2 Å². The lowest BCUT2D eigenvalue weighted by molar-refractivity contribution is -0.131. The molecule has 0 unspecified atom stereocenters. The normalized spacial score (nSPS) is 10.6. The molecule has 2 aromatic rings. The summed E-state index contributed by atoms with van der Waals surface area (Å²) in [6, 6.07) is 11.8. The van der Waals surface area contributed by atoms with E-state index in [1.807, 2.05) is 64.1 Å². The van der Waals surface area contributed by atoms with Gasteiger partial charge in [0.05, 0.1) is 12.1 Å². The molecule has 0 N–H and O–H groups in total. The highest BCUT2D eigenvalue weighted by Crippen LogP contribution is 2.21. The number of aryl methyl sites for hydroxylation is 1. The molecule has 5 heteroatoms. The van der Waals surface area contributed by atoms with E-state index in [9.17, 15) is 9.59 Å². The Morgan fingerprint density at radius 2 is 1.64 bits per heavy atom. The van der Waals surface area contributed by atoms with Crippen LogP contribution in [0.4, 0.5) is 0 Å². The summed E-state index contributed by atoms with van der Waals surface area (Å²) in [5, 5.41) is 0. The van der Waals surface area contributed by atoms with Gasteiger partial charge in [0.2, 0.25) is 5.91 Å². The Hall–Kier alpha value is -2.56. The Morgan fingerprint density at radius 1 is 1.04 bits per heavy atom. The quantitative estimate of drug-likeness (QED) is 0.811. The molecular formula is C20H27N3O2.